The summed E-state index contributed by atoms with van der Waals surface area (Å²) in [4.78, 5) is 12.1. The Hall–Kier alpha value is -0.700. The Morgan fingerprint density at radius 2 is 2.50 bits per heavy atom. The van der Waals surface area contributed by atoms with Gasteiger partial charge in [0.2, 0.25) is 0 Å². The Morgan fingerprint density at radius 1 is 1.60 bits per heavy atom. The van der Waals surface area contributed by atoms with Crippen molar-refractivity contribution in [2.75, 3.05) is 12.3 Å². The van der Waals surface area contributed by atoms with Gasteiger partial charge in [0.15, 0.2) is 5.78 Å². The number of hydrogen-bond acceptors (Lipinski definition) is 3. The van der Waals surface area contributed by atoms with Crippen molar-refractivity contribution < 1.29 is 4.79 Å². The number of ketones is 1. The van der Waals surface area contributed by atoms with Crippen molar-refractivity contribution in [1.29, 1.82) is 0 Å². The average molecular weight is 153 g/mol. The normalized spacial score (nSPS) is 23.0. The molecule has 0 aromatic carbocycles. The SMILES string of the molecule is O=C1CSC2=C1NCC=C2. The minimum absolute atomic E-state index is 0.240. The lowest BCUT2D eigenvalue weighted by molar-refractivity contribution is -0.113. The molecule has 0 fully saturated rings. The monoisotopic (exact) mass is 153 g/mol. The molecule has 0 unspecified atom stereocenters. The van der Waals surface area contributed by atoms with Gasteiger partial charge in [0, 0.05) is 11.4 Å². The van der Waals surface area contributed by atoms with Gasteiger partial charge in [-0.1, -0.05) is 6.08 Å². The van der Waals surface area contributed by atoms with Crippen LogP contribution >= 0.6 is 11.8 Å². The summed E-state index contributed by atoms with van der Waals surface area (Å²) >= 11 is 1.62. The first-order valence-corrected chi connectivity index (χ1v) is 4.17. The first kappa shape index (κ1) is 6.04. The zero-order valence-electron chi connectivity index (χ0n) is 5.39. The third kappa shape index (κ3) is 0.778. The van der Waals surface area contributed by atoms with Gasteiger partial charge >= 0.3 is 0 Å². The van der Waals surface area contributed by atoms with Crippen LogP contribution in [0.1, 0.15) is 0 Å². The van der Waals surface area contributed by atoms with Gasteiger partial charge in [-0.25, -0.2) is 0 Å². The number of nitrogens with one attached hydrogen (secondary N) is 1. The molecule has 0 atom stereocenters. The van der Waals surface area contributed by atoms with E-state index in [2.05, 4.69) is 5.32 Å². The average Bonchev–Trinajstić information content (AvgIpc) is 2.34. The highest BCUT2D eigenvalue weighted by Crippen LogP contribution is 2.29. The molecule has 2 aliphatic rings. The first-order chi connectivity index (χ1) is 4.88. The number of rotatable bonds is 0. The molecule has 0 radical (unpaired) electrons. The summed E-state index contributed by atoms with van der Waals surface area (Å²) in [5.41, 5.74) is 0.826. The van der Waals surface area contributed by atoms with Crippen molar-refractivity contribution in [2.45, 2.75) is 0 Å². The molecule has 1 N–H and O–H groups in total. The Balaban J connectivity index is 2.38. The van der Waals surface area contributed by atoms with Crippen LogP contribution < -0.4 is 5.32 Å². The second-order valence-corrected chi connectivity index (χ2v) is 3.25. The molecule has 52 valence electrons. The van der Waals surface area contributed by atoms with Crippen molar-refractivity contribution in [3.63, 3.8) is 0 Å². The molecule has 2 aliphatic heterocycles. The maximum atomic E-state index is 11.0. The standard InChI is InChI=1S/C7H7NOS/c9-5-4-10-6-2-1-3-8-7(5)6/h1-2,8H,3-4H2. The fourth-order valence-corrected chi connectivity index (χ4v) is 2.02. The van der Waals surface area contributed by atoms with Gasteiger partial charge in [-0.15, -0.1) is 11.8 Å². The van der Waals surface area contributed by atoms with Crippen LogP contribution in [0.4, 0.5) is 0 Å². The summed E-state index contributed by atoms with van der Waals surface area (Å²) in [5.74, 6) is 0.853. The zero-order valence-corrected chi connectivity index (χ0v) is 6.20. The molecule has 2 nitrogen and oxygen atoms in total. The molecule has 2 heterocycles. The summed E-state index contributed by atoms with van der Waals surface area (Å²) in [6, 6.07) is 0. The molecular weight excluding hydrogens is 146 g/mol. The number of hydrogen-bond donors (Lipinski definition) is 1. The molecule has 0 amide bonds. The lowest BCUT2D eigenvalue weighted by atomic mass is 10.2. The number of dihydropyridines is 1. The number of carbonyl (C=O) groups excluding carboxylic acids is 1. The highest BCUT2D eigenvalue weighted by atomic mass is 32.2. The van der Waals surface area contributed by atoms with Crippen molar-refractivity contribution >= 4 is 17.5 Å². The summed E-state index contributed by atoms with van der Waals surface area (Å²) in [6.07, 6.45) is 4.05. The maximum Gasteiger partial charge on any atom is 0.190 e. The lowest BCUT2D eigenvalue weighted by Gasteiger charge is -2.07. The molecule has 10 heavy (non-hydrogen) atoms. The molecule has 2 rings (SSSR count). The van der Waals surface area contributed by atoms with E-state index in [0.717, 1.165) is 17.1 Å². The molecule has 0 saturated heterocycles. The molecular formula is C7H7NOS. The van der Waals surface area contributed by atoms with Crippen molar-refractivity contribution in [2.24, 2.45) is 0 Å². The van der Waals surface area contributed by atoms with E-state index >= 15 is 0 Å². The van der Waals surface area contributed by atoms with Crippen LogP contribution in [-0.4, -0.2) is 18.1 Å². The van der Waals surface area contributed by atoms with Gasteiger partial charge in [0.05, 0.1) is 11.4 Å². The van der Waals surface area contributed by atoms with E-state index in [0.29, 0.717) is 5.75 Å². The molecule has 0 aliphatic carbocycles. The lowest BCUT2D eigenvalue weighted by Crippen LogP contribution is -2.21. The van der Waals surface area contributed by atoms with E-state index in [1.165, 1.54) is 0 Å². The van der Waals surface area contributed by atoms with Crippen LogP contribution in [0.15, 0.2) is 22.8 Å². The minimum Gasteiger partial charge on any atom is -0.378 e. The molecule has 0 bridgehead atoms. The van der Waals surface area contributed by atoms with Crippen molar-refractivity contribution in [3.8, 4) is 0 Å². The van der Waals surface area contributed by atoms with Crippen LogP contribution in [0.3, 0.4) is 0 Å². The fraction of sp³-hybridized carbons (Fsp3) is 0.286. The highest BCUT2D eigenvalue weighted by Gasteiger charge is 2.22. The van der Waals surface area contributed by atoms with Gasteiger partial charge in [0.25, 0.3) is 0 Å². The van der Waals surface area contributed by atoms with Crippen LogP contribution in [-0.2, 0) is 4.79 Å². The van der Waals surface area contributed by atoms with Gasteiger partial charge in [0.1, 0.15) is 0 Å². The number of Topliss-reactive ketones (excluding diaryl/α,β-unsaturated/α-hetero) is 1. The van der Waals surface area contributed by atoms with Crippen LogP contribution in [0, 0.1) is 0 Å². The van der Waals surface area contributed by atoms with E-state index in [1.807, 2.05) is 12.2 Å². The number of thioether (sulfide) groups is 1. The second kappa shape index (κ2) is 2.16. The Labute approximate surface area is 63.4 Å². The highest BCUT2D eigenvalue weighted by molar-refractivity contribution is 8.04. The van der Waals surface area contributed by atoms with Crippen LogP contribution in [0.25, 0.3) is 0 Å². The summed E-state index contributed by atoms with van der Waals surface area (Å²) in [6.45, 7) is 0.797. The topological polar surface area (TPSA) is 29.1 Å². The van der Waals surface area contributed by atoms with Gasteiger partial charge in [-0.3, -0.25) is 4.79 Å². The summed E-state index contributed by atoms with van der Waals surface area (Å²) < 4.78 is 0. The molecule has 0 saturated carbocycles. The summed E-state index contributed by atoms with van der Waals surface area (Å²) in [7, 11) is 0. The minimum atomic E-state index is 0.240. The fourth-order valence-electron chi connectivity index (χ4n) is 1.07. The predicted molar refractivity (Wildman–Crippen MR) is 41.6 cm³/mol. The number of allylic oxidation sites excluding steroid dienone is 2. The first-order valence-electron chi connectivity index (χ1n) is 3.18. The molecule has 3 heteroatoms. The van der Waals surface area contributed by atoms with E-state index in [9.17, 15) is 4.79 Å². The molecule has 0 aromatic heterocycles. The Kier molecular flexibility index (Phi) is 1.31. The largest absolute Gasteiger partial charge is 0.378 e. The van der Waals surface area contributed by atoms with E-state index in [1.54, 1.807) is 11.8 Å². The van der Waals surface area contributed by atoms with Crippen molar-refractivity contribution in [3.05, 3.63) is 22.8 Å². The molecule has 0 spiro atoms. The third-order valence-corrected chi connectivity index (χ3v) is 2.61. The van der Waals surface area contributed by atoms with E-state index < -0.39 is 0 Å². The second-order valence-electron chi connectivity index (χ2n) is 2.23. The van der Waals surface area contributed by atoms with Crippen LogP contribution in [0.5, 0.6) is 0 Å². The molecule has 0 aromatic rings. The predicted octanol–water partition coefficient (Wildman–Crippen LogP) is 0.673. The van der Waals surface area contributed by atoms with E-state index in [-0.39, 0.29) is 5.78 Å². The Bertz CT molecular complexity index is 242. The van der Waals surface area contributed by atoms with Crippen molar-refractivity contribution in [1.82, 2.24) is 5.32 Å². The maximum absolute atomic E-state index is 11.0. The van der Waals surface area contributed by atoms with Crippen LogP contribution in [0.2, 0.25) is 0 Å². The van der Waals surface area contributed by atoms with E-state index in [4.69, 9.17) is 0 Å². The summed E-state index contributed by atoms with van der Waals surface area (Å²) in [5, 5.41) is 3.05. The van der Waals surface area contributed by atoms with Gasteiger partial charge in [-0.05, 0) is 6.08 Å². The zero-order chi connectivity index (χ0) is 6.97. The smallest absolute Gasteiger partial charge is 0.190 e. The van der Waals surface area contributed by atoms with Gasteiger partial charge < -0.3 is 5.32 Å². The Morgan fingerprint density at radius 3 is 3.30 bits per heavy atom. The third-order valence-electron chi connectivity index (χ3n) is 1.55. The van der Waals surface area contributed by atoms with Gasteiger partial charge in [-0.2, -0.15) is 0 Å². The number of carbonyl (C=O) groups is 1. The quantitative estimate of drug-likeness (QED) is 0.554.